The first-order chi connectivity index (χ1) is 17.5. The van der Waals surface area contributed by atoms with Gasteiger partial charge < -0.3 is 24.8 Å². The predicted molar refractivity (Wildman–Crippen MR) is 138 cm³/mol. The molecule has 9 nitrogen and oxygen atoms in total. The minimum Gasteiger partial charge on any atom is -0.393 e. The van der Waals surface area contributed by atoms with E-state index < -0.39 is 0 Å². The molecule has 1 aliphatic heterocycles. The van der Waals surface area contributed by atoms with Crippen LogP contribution in [0, 0.1) is 5.92 Å². The number of methoxy groups -OCH3 is 1. The molecule has 36 heavy (non-hydrogen) atoms. The molecule has 2 aliphatic carbocycles. The summed E-state index contributed by atoms with van der Waals surface area (Å²) in [4.78, 5) is 19.6. The number of aliphatic hydroxyl groups is 1. The maximum absolute atomic E-state index is 13.0. The highest BCUT2D eigenvalue weighted by Gasteiger charge is 2.30. The number of hydrogen-bond donors (Lipinski definition) is 2. The number of ether oxygens (including phenoxy) is 2. The first kappa shape index (κ1) is 25.2. The van der Waals surface area contributed by atoms with Gasteiger partial charge >= 0.3 is 0 Å². The zero-order valence-electron chi connectivity index (χ0n) is 21.5. The Bertz CT molecular complexity index is 1090. The van der Waals surface area contributed by atoms with Crippen LogP contribution in [0.15, 0.2) is 18.3 Å². The van der Waals surface area contributed by atoms with E-state index in [1.54, 1.807) is 7.11 Å². The van der Waals surface area contributed by atoms with Crippen molar-refractivity contribution in [3.8, 4) is 0 Å². The van der Waals surface area contributed by atoms with Gasteiger partial charge in [0, 0.05) is 49.3 Å². The van der Waals surface area contributed by atoms with Crippen molar-refractivity contribution in [2.45, 2.75) is 69.9 Å². The van der Waals surface area contributed by atoms with Crippen molar-refractivity contribution >= 4 is 22.9 Å². The van der Waals surface area contributed by atoms with Crippen LogP contribution in [0.3, 0.4) is 0 Å². The fraction of sp³-hybridized carbons (Fsp3) is 0.667. The number of amides is 1. The second kappa shape index (κ2) is 11.3. The monoisotopic (exact) mass is 497 g/mol. The first-order valence-electron chi connectivity index (χ1n) is 13.4. The van der Waals surface area contributed by atoms with Crippen LogP contribution in [-0.2, 0) is 14.3 Å². The molecule has 196 valence electrons. The lowest BCUT2D eigenvalue weighted by Gasteiger charge is -2.31. The third kappa shape index (κ3) is 5.43. The van der Waals surface area contributed by atoms with Crippen LogP contribution in [0.4, 0.5) is 5.95 Å². The topological polar surface area (TPSA) is 101 Å². The van der Waals surface area contributed by atoms with Gasteiger partial charge in [-0.15, -0.1) is 5.10 Å². The van der Waals surface area contributed by atoms with Crippen LogP contribution in [0.25, 0.3) is 11.1 Å². The number of allylic oxidation sites excluding steroid dienone is 2. The number of rotatable bonds is 7. The average molecular weight is 498 g/mol. The molecule has 2 atom stereocenters. The maximum Gasteiger partial charge on any atom is 0.241 e. The van der Waals surface area contributed by atoms with Gasteiger partial charge in [0.1, 0.15) is 0 Å². The number of nitrogens with zero attached hydrogens (tertiary/aromatic N) is 4. The van der Waals surface area contributed by atoms with Crippen molar-refractivity contribution in [1.82, 2.24) is 19.5 Å². The number of aromatic nitrogens is 3. The van der Waals surface area contributed by atoms with E-state index in [2.05, 4.69) is 27.0 Å². The van der Waals surface area contributed by atoms with E-state index in [0.717, 1.165) is 50.5 Å². The van der Waals surface area contributed by atoms with Gasteiger partial charge in [-0.3, -0.25) is 4.79 Å². The van der Waals surface area contributed by atoms with Crippen molar-refractivity contribution in [2.24, 2.45) is 5.92 Å². The summed E-state index contributed by atoms with van der Waals surface area (Å²) in [7, 11) is 1.69. The molecule has 1 saturated heterocycles. The third-order valence-corrected chi connectivity index (χ3v) is 7.88. The Morgan fingerprint density at radius 3 is 2.72 bits per heavy atom. The van der Waals surface area contributed by atoms with E-state index in [1.807, 2.05) is 18.0 Å². The number of aliphatic hydroxyl groups excluding tert-OH is 1. The Kier molecular flexibility index (Phi) is 7.88. The molecule has 2 N–H and O–H groups in total. The summed E-state index contributed by atoms with van der Waals surface area (Å²) in [5.74, 6) is 1.25. The lowest BCUT2D eigenvalue weighted by Crippen LogP contribution is -2.44. The molecule has 1 saturated carbocycles. The molecule has 9 heteroatoms. The van der Waals surface area contributed by atoms with Crippen molar-refractivity contribution in [3.05, 3.63) is 29.6 Å². The lowest BCUT2D eigenvalue weighted by molar-refractivity contribution is -0.139. The van der Waals surface area contributed by atoms with Gasteiger partial charge in [-0.25, -0.2) is 9.50 Å². The van der Waals surface area contributed by atoms with E-state index >= 15 is 0 Å². The fourth-order valence-electron chi connectivity index (χ4n) is 5.86. The predicted octanol–water partition coefficient (Wildman–Crippen LogP) is 3.24. The normalized spacial score (nSPS) is 26.0. The summed E-state index contributed by atoms with van der Waals surface area (Å²) >= 11 is 0. The molecule has 0 aromatic carbocycles. The van der Waals surface area contributed by atoms with Crippen molar-refractivity contribution in [3.63, 3.8) is 0 Å². The van der Waals surface area contributed by atoms with E-state index in [1.165, 1.54) is 16.8 Å². The molecule has 0 unspecified atom stereocenters. The Morgan fingerprint density at radius 1 is 1.25 bits per heavy atom. The minimum absolute atomic E-state index is 0.0503. The van der Waals surface area contributed by atoms with Gasteiger partial charge in [0.05, 0.1) is 37.6 Å². The second-order valence-electron chi connectivity index (χ2n) is 10.5. The Morgan fingerprint density at radius 2 is 2.03 bits per heavy atom. The summed E-state index contributed by atoms with van der Waals surface area (Å²) in [6.07, 6.45) is 10.0. The highest BCUT2D eigenvalue weighted by Crippen LogP contribution is 2.39. The number of carbonyl (C=O) groups is 1. The molecular formula is C27H39N5O4. The van der Waals surface area contributed by atoms with Crippen molar-refractivity contribution in [2.75, 3.05) is 45.3 Å². The molecule has 0 bridgehead atoms. The van der Waals surface area contributed by atoms with Gasteiger partial charge in [0.25, 0.3) is 0 Å². The highest BCUT2D eigenvalue weighted by atomic mass is 16.5. The molecule has 3 heterocycles. The van der Waals surface area contributed by atoms with Crippen LogP contribution in [0.2, 0.25) is 0 Å². The smallest absolute Gasteiger partial charge is 0.241 e. The Balaban J connectivity index is 1.41. The molecule has 2 aromatic heterocycles. The molecule has 1 amide bonds. The quantitative estimate of drug-likeness (QED) is 0.606. The largest absolute Gasteiger partial charge is 0.393 e. The van der Waals surface area contributed by atoms with Gasteiger partial charge in [0.2, 0.25) is 11.9 Å². The molecule has 0 spiro atoms. The summed E-state index contributed by atoms with van der Waals surface area (Å²) in [6.45, 7) is 5.29. The summed E-state index contributed by atoms with van der Waals surface area (Å²) < 4.78 is 12.7. The van der Waals surface area contributed by atoms with Gasteiger partial charge in [-0.2, -0.15) is 0 Å². The average Bonchev–Trinajstić information content (AvgIpc) is 3.28. The van der Waals surface area contributed by atoms with Crippen LogP contribution in [0.5, 0.6) is 0 Å². The standard InChI is InChI=1S/C27H39N5O4/c1-18(17-35-2)29-27-28-16-25-23(15-24(32(25)30-27)20-7-9-22(33)10-8-20)19-3-5-21(6-4-19)26(34)31-11-13-36-14-12-31/h3,15-16,18,20-22,33H,4-14,17H2,1-2H3,(H,29,30)/t18-,20?,21+,22?/m0/s1. The number of nitrogens with one attached hydrogen (secondary N) is 1. The molecular weight excluding hydrogens is 458 g/mol. The lowest BCUT2D eigenvalue weighted by atomic mass is 9.84. The number of morpholine rings is 1. The second-order valence-corrected chi connectivity index (χ2v) is 10.5. The van der Waals surface area contributed by atoms with E-state index in [0.29, 0.717) is 44.8 Å². The first-order valence-corrected chi connectivity index (χ1v) is 13.4. The maximum atomic E-state index is 13.0. The fourth-order valence-corrected chi connectivity index (χ4v) is 5.86. The molecule has 2 aromatic rings. The number of hydrogen-bond acceptors (Lipinski definition) is 7. The zero-order chi connectivity index (χ0) is 25.1. The Hall–Kier alpha value is -2.49. The highest BCUT2D eigenvalue weighted by molar-refractivity contribution is 5.83. The van der Waals surface area contributed by atoms with E-state index in [-0.39, 0.29) is 24.0 Å². The van der Waals surface area contributed by atoms with Gasteiger partial charge in [-0.1, -0.05) is 6.08 Å². The summed E-state index contributed by atoms with van der Waals surface area (Å²) in [5, 5.41) is 18.3. The summed E-state index contributed by atoms with van der Waals surface area (Å²) in [6, 6.07) is 2.38. The van der Waals surface area contributed by atoms with Crippen LogP contribution in [-0.4, -0.2) is 82.7 Å². The van der Waals surface area contributed by atoms with Crippen LogP contribution in [0.1, 0.15) is 69.0 Å². The van der Waals surface area contributed by atoms with Crippen molar-refractivity contribution < 1.29 is 19.4 Å². The molecule has 0 radical (unpaired) electrons. The SMILES string of the molecule is COC[C@H](C)Nc1ncc2c(C3=CC[C@@H](C(=O)N4CCOCC4)CC3)cc(C3CCC(O)CC3)n2n1. The van der Waals surface area contributed by atoms with Gasteiger partial charge in [-0.05, 0) is 63.5 Å². The Labute approximate surface area is 212 Å². The van der Waals surface area contributed by atoms with Crippen LogP contribution < -0.4 is 5.32 Å². The number of carbonyl (C=O) groups excluding carboxylic acids is 1. The molecule has 2 fully saturated rings. The zero-order valence-corrected chi connectivity index (χ0v) is 21.5. The molecule has 3 aliphatic rings. The van der Waals surface area contributed by atoms with E-state index in [9.17, 15) is 9.90 Å². The number of anilines is 1. The number of fused-ring (bicyclic) bond motifs is 1. The minimum atomic E-state index is -0.198. The van der Waals surface area contributed by atoms with Gasteiger partial charge in [0.15, 0.2) is 0 Å². The van der Waals surface area contributed by atoms with Crippen molar-refractivity contribution in [1.29, 1.82) is 0 Å². The third-order valence-electron chi connectivity index (χ3n) is 7.88. The van der Waals surface area contributed by atoms with Crippen LogP contribution >= 0.6 is 0 Å². The van der Waals surface area contributed by atoms with E-state index in [4.69, 9.17) is 14.6 Å². The molecule has 5 rings (SSSR count). The summed E-state index contributed by atoms with van der Waals surface area (Å²) in [5.41, 5.74) is 4.64.